The fourth-order valence-corrected chi connectivity index (χ4v) is 1.37. The van der Waals surface area contributed by atoms with Crippen molar-refractivity contribution in [2.75, 3.05) is 6.54 Å². The van der Waals surface area contributed by atoms with Crippen LogP contribution in [0.4, 0.5) is 4.48 Å². The summed E-state index contributed by atoms with van der Waals surface area (Å²) in [6.45, 7) is 2.78. The summed E-state index contributed by atoms with van der Waals surface area (Å²) < 4.78 is 12.8. The first-order chi connectivity index (χ1) is 6.79. The summed E-state index contributed by atoms with van der Waals surface area (Å²) in [4.78, 5) is 0. The standard InChI is InChI=1S/C9H15FN4/c1-2-3-4-5-6-14-9(7-11)13(10)8-12-14/h8-9H,2-6H2,1H3. The van der Waals surface area contributed by atoms with Gasteiger partial charge in [0.1, 0.15) is 12.4 Å². The fraction of sp³-hybridized carbons (Fsp3) is 0.778. The predicted octanol–water partition coefficient (Wildman–Crippen LogP) is 1.86. The van der Waals surface area contributed by atoms with E-state index in [0.29, 0.717) is 11.7 Å². The lowest BCUT2D eigenvalue weighted by Crippen LogP contribution is -2.34. The molecule has 1 aliphatic heterocycles. The van der Waals surface area contributed by atoms with Crippen molar-refractivity contribution in [2.45, 2.75) is 38.8 Å². The summed E-state index contributed by atoms with van der Waals surface area (Å²) in [5.74, 6) is 0. The zero-order valence-electron chi connectivity index (χ0n) is 8.36. The number of rotatable bonds is 5. The van der Waals surface area contributed by atoms with Gasteiger partial charge in [-0.05, 0) is 6.42 Å². The molecule has 0 fully saturated rings. The Kier molecular flexibility index (Phi) is 4.17. The van der Waals surface area contributed by atoms with E-state index >= 15 is 0 Å². The van der Waals surface area contributed by atoms with Crippen LogP contribution in [0.25, 0.3) is 0 Å². The van der Waals surface area contributed by atoms with Crippen LogP contribution < -0.4 is 0 Å². The number of halogens is 1. The van der Waals surface area contributed by atoms with Gasteiger partial charge < -0.3 is 0 Å². The Hall–Kier alpha value is -1.31. The third kappa shape index (κ3) is 2.59. The second-order valence-corrected chi connectivity index (χ2v) is 3.30. The van der Waals surface area contributed by atoms with E-state index in [1.807, 2.05) is 6.07 Å². The highest BCUT2D eigenvalue weighted by Gasteiger charge is 2.27. The van der Waals surface area contributed by atoms with Gasteiger partial charge in [-0.2, -0.15) is 15.5 Å². The normalized spacial score (nSPS) is 20.2. The van der Waals surface area contributed by atoms with Gasteiger partial charge in [-0.1, -0.05) is 30.7 Å². The summed E-state index contributed by atoms with van der Waals surface area (Å²) >= 11 is 0. The molecule has 0 bridgehead atoms. The van der Waals surface area contributed by atoms with Crippen molar-refractivity contribution in [3.63, 3.8) is 0 Å². The zero-order valence-corrected chi connectivity index (χ0v) is 8.36. The van der Waals surface area contributed by atoms with Crippen LogP contribution in [0.1, 0.15) is 32.6 Å². The first kappa shape index (κ1) is 10.8. The van der Waals surface area contributed by atoms with E-state index in [9.17, 15) is 4.48 Å². The molecule has 0 aromatic heterocycles. The maximum atomic E-state index is 12.8. The number of hydrogen-bond acceptors (Lipinski definition) is 4. The van der Waals surface area contributed by atoms with Gasteiger partial charge in [0.05, 0.1) is 0 Å². The Morgan fingerprint density at radius 2 is 2.29 bits per heavy atom. The summed E-state index contributed by atoms with van der Waals surface area (Å²) in [6.07, 6.45) is 4.59. The first-order valence-corrected chi connectivity index (χ1v) is 4.94. The molecule has 4 nitrogen and oxygen atoms in total. The molecule has 0 N–H and O–H groups in total. The molecule has 0 aromatic rings. The van der Waals surface area contributed by atoms with E-state index in [4.69, 9.17) is 5.26 Å². The topological polar surface area (TPSA) is 42.6 Å². The minimum Gasteiger partial charge on any atom is -0.257 e. The molecule has 0 saturated heterocycles. The summed E-state index contributed by atoms with van der Waals surface area (Å²) in [5, 5.41) is 14.3. The number of nitriles is 1. The molecule has 1 atom stereocenters. The van der Waals surface area contributed by atoms with E-state index in [1.165, 1.54) is 17.9 Å². The van der Waals surface area contributed by atoms with Crippen molar-refractivity contribution in [2.24, 2.45) is 5.10 Å². The van der Waals surface area contributed by atoms with Crippen LogP contribution in [0.2, 0.25) is 0 Å². The highest BCUT2D eigenvalue weighted by molar-refractivity contribution is 5.56. The van der Waals surface area contributed by atoms with Crippen LogP contribution in [0, 0.1) is 11.3 Å². The average molecular weight is 198 g/mol. The number of hydrazone groups is 1. The SMILES string of the molecule is CCCCCCN1N=CN(F)C1C#N. The maximum Gasteiger partial charge on any atom is 0.235 e. The van der Waals surface area contributed by atoms with E-state index in [1.54, 1.807) is 0 Å². The lowest BCUT2D eigenvalue weighted by Gasteiger charge is -2.18. The van der Waals surface area contributed by atoms with Gasteiger partial charge in [-0.3, -0.25) is 5.01 Å². The molecule has 1 rings (SSSR count). The van der Waals surface area contributed by atoms with Crippen molar-refractivity contribution in [3.05, 3.63) is 0 Å². The first-order valence-electron chi connectivity index (χ1n) is 4.94. The number of unbranched alkanes of at least 4 members (excludes halogenated alkanes) is 3. The van der Waals surface area contributed by atoms with Crippen molar-refractivity contribution in [1.29, 1.82) is 5.26 Å². The van der Waals surface area contributed by atoms with E-state index in [2.05, 4.69) is 12.0 Å². The third-order valence-corrected chi connectivity index (χ3v) is 2.18. The van der Waals surface area contributed by atoms with Gasteiger partial charge >= 0.3 is 0 Å². The van der Waals surface area contributed by atoms with Gasteiger partial charge in [0.25, 0.3) is 0 Å². The summed E-state index contributed by atoms with van der Waals surface area (Å²) in [6, 6.07) is 1.86. The molecule has 1 aliphatic rings. The van der Waals surface area contributed by atoms with Crippen LogP contribution in [0.3, 0.4) is 0 Å². The van der Waals surface area contributed by atoms with Gasteiger partial charge in [0, 0.05) is 6.54 Å². The molecule has 0 saturated carbocycles. The molecule has 78 valence electrons. The highest BCUT2D eigenvalue weighted by Crippen LogP contribution is 2.13. The molecule has 1 unspecified atom stereocenters. The average Bonchev–Trinajstić information content (AvgIpc) is 2.54. The third-order valence-electron chi connectivity index (χ3n) is 2.18. The molecule has 1 heterocycles. The van der Waals surface area contributed by atoms with E-state index in [0.717, 1.165) is 19.2 Å². The smallest absolute Gasteiger partial charge is 0.235 e. The highest BCUT2D eigenvalue weighted by atomic mass is 19.2. The number of nitrogens with zero attached hydrogens (tertiary/aromatic N) is 4. The minimum absolute atomic E-state index is 0.333. The van der Waals surface area contributed by atoms with Crippen LogP contribution in [-0.4, -0.2) is 29.2 Å². The van der Waals surface area contributed by atoms with Crippen LogP contribution in [0.15, 0.2) is 5.10 Å². The Balaban J connectivity index is 2.25. The van der Waals surface area contributed by atoms with Crippen molar-refractivity contribution in [3.8, 4) is 6.07 Å². The largest absolute Gasteiger partial charge is 0.257 e. The van der Waals surface area contributed by atoms with Crippen LogP contribution in [-0.2, 0) is 0 Å². The van der Waals surface area contributed by atoms with Crippen molar-refractivity contribution >= 4 is 6.34 Å². The Morgan fingerprint density at radius 1 is 1.50 bits per heavy atom. The van der Waals surface area contributed by atoms with E-state index in [-0.39, 0.29) is 0 Å². The zero-order chi connectivity index (χ0) is 10.4. The van der Waals surface area contributed by atoms with Gasteiger partial charge in [-0.25, -0.2) is 0 Å². The maximum absolute atomic E-state index is 12.8. The van der Waals surface area contributed by atoms with Gasteiger partial charge in [0.2, 0.25) is 6.17 Å². The lowest BCUT2D eigenvalue weighted by molar-refractivity contribution is 0.0372. The molecule has 5 heteroatoms. The molecule has 0 aromatic carbocycles. The molecule has 0 aliphatic carbocycles. The predicted molar refractivity (Wildman–Crippen MR) is 51.7 cm³/mol. The monoisotopic (exact) mass is 198 g/mol. The van der Waals surface area contributed by atoms with Crippen LogP contribution >= 0.6 is 0 Å². The minimum atomic E-state index is -0.864. The van der Waals surface area contributed by atoms with Crippen molar-refractivity contribution < 1.29 is 4.48 Å². The molecule has 0 amide bonds. The van der Waals surface area contributed by atoms with Gasteiger partial charge in [0.15, 0.2) is 0 Å². The molecule has 0 spiro atoms. The second kappa shape index (κ2) is 5.43. The quantitative estimate of drug-likeness (QED) is 0.500. The molecule has 14 heavy (non-hydrogen) atoms. The second-order valence-electron chi connectivity index (χ2n) is 3.30. The fourth-order valence-electron chi connectivity index (χ4n) is 1.37. The molecule has 0 radical (unpaired) electrons. The Bertz CT molecular complexity index is 235. The Morgan fingerprint density at radius 3 is 2.93 bits per heavy atom. The summed E-state index contributed by atoms with van der Waals surface area (Å²) in [7, 11) is 0. The van der Waals surface area contributed by atoms with E-state index < -0.39 is 6.17 Å². The van der Waals surface area contributed by atoms with Crippen molar-refractivity contribution in [1.82, 2.24) is 10.1 Å². The molecular formula is C9H15FN4. The Labute approximate surface area is 83.5 Å². The summed E-state index contributed by atoms with van der Waals surface area (Å²) in [5.41, 5.74) is 0. The number of hydrogen-bond donors (Lipinski definition) is 0. The molecular weight excluding hydrogens is 183 g/mol. The van der Waals surface area contributed by atoms with Gasteiger partial charge in [-0.15, -0.1) is 0 Å². The van der Waals surface area contributed by atoms with Crippen LogP contribution in [0.5, 0.6) is 0 Å². The lowest BCUT2D eigenvalue weighted by atomic mass is 10.2.